The molecule has 2 rings (SSSR count). The van der Waals surface area contributed by atoms with Crippen molar-refractivity contribution in [1.29, 1.82) is 0 Å². The number of benzene rings is 1. The van der Waals surface area contributed by atoms with Crippen LogP contribution < -0.4 is 0 Å². The van der Waals surface area contributed by atoms with Gasteiger partial charge in [-0.2, -0.15) is 0 Å². The van der Waals surface area contributed by atoms with E-state index in [1.54, 1.807) is 6.92 Å². The van der Waals surface area contributed by atoms with Crippen molar-refractivity contribution in [2.45, 2.75) is 13.5 Å². The Hall–Kier alpha value is -2.01. The highest BCUT2D eigenvalue weighted by molar-refractivity contribution is 6.33. The van der Waals surface area contributed by atoms with Gasteiger partial charge in [-0.3, -0.25) is 9.78 Å². The van der Waals surface area contributed by atoms with Gasteiger partial charge in [-0.1, -0.05) is 17.7 Å². The number of amides is 1. The van der Waals surface area contributed by atoms with Crippen molar-refractivity contribution >= 4 is 17.5 Å². The third-order valence-electron chi connectivity index (χ3n) is 3.03. The van der Waals surface area contributed by atoms with Crippen LogP contribution in [-0.2, 0) is 6.54 Å². The van der Waals surface area contributed by atoms with Gasteiger partial charge in [0, 0.05) is 25.5 Å². The third-order valence-corrected chi connectivity index (χ3v) is 3.33. The summed E-state index contributed by atoms with van der Waals surface area (Å²) in [4.78, 5) is 17.7. The zero-order chi connectivity index (χ0) is 15.4. The standard InChI is InChI=1S/C15H13ClF2N2O/c1-2-20(9-10-3-4-13(17)14(18)7-10)15(21)11-5-6-19-8-12(11)16/h3-8H,2,9H2,1H3. The Balaban J connectivity index is 2.21. The van der Waals surface area contributed by atoms with Gasteiger partial charge in [-0.05, 0) is 30.7 Å². The molecule has 0 radical (unpaired) electrons. The van der Waals surface area contributed by atoms with E-state index < -0.39 is 11.6 Å². The van der Waals surface area contributed by atoms with Gasteiger partial charge in [0.2, 0.25) is 0 Å². The maximum atomic E-state index is 13.2. The fourth-order valence-corrected chi connectivity index (χ4v) is 2.10. The number of carbonyl (C=O) groups excluding carboxylic acids is 1. The smallest absolute Gasteiger partial charge is 0.255 e. The highest BCUT2D eigenvalue weighted by Crippen LogP contribution is 2.18. The molecule has 0 bridgehead atoms. The number of halogens is 3. The van der Waals surface area contributed by atoms with Crippen LogP contribution in [-0.4, -0.2) is 22.3 Å². The van der Waals surface area contributed by atoms with Gasteiger partial charge in [-0.25, -0.2) is 8.78 Å². The first-order chi connectivity index (χ1) is 10.0. The largest absolute Gasteiger partial charge is 0.335 e. The fraction of sp³-hybridized carbons (Fsp3) is 0.200. The van der Waals surface area contributed by atoms with E-state index in [1.165, 1.54) is 29.4 Å². The highest BCUT2D eigenvalue weighted by atomic mass is 35.5. The Morgan fingerprint density at radius 2 is 2.05 bits per heavy atom. The molecular weight excluding hydrogens is 298 g/mol. The van der Waals surface area contributed by atoms with Gasteiger partial charge in [0.05, 0.1) is 10.6 Å². The van der Waals surface area contributed by atoms with Crippen molar-refractivity contribution in [3.05, 3.63) is 64.4 Å². The minimum atomic E-state index is -0.932. The monoisotopic (exact) mass is 310 g/mol. The Morgan fingerprint density at radius 3 is 2.67 bits per heavy atom. The molecule has 0 aliphatic heterocycles. The molecule has 0 saturated carbocycles. The maximum absolute atomic E-state index is 13.2. The lowest BCUT2D eigenvalue weighted by molar-refractivity contribution is 0.0752. The van der Waals surface area contributed by atoms with E-state index in [1.807, 2.05) is 0 Å². The quantitative estimate of drug-likeness (QED) is 0.863. The first kappa shape index (κ1) is 15.4. The lowest BCUT2D eigenvalue weighted by atomic mass is 10.1. The first-order valence-electron chi connectivity index (χ1n) is 6.35. The van der Waals surface area contributed by atoms with Gasteiger partial charge in [0.15, 0.2) is 11.6 Å². The number of nitrogens with zero attached hydrogens (tertiary/aromatic N) is 2. The number of aromatic nitrogens is 1. The molecule has 6 heteroatoms. The molecule has 3 nitrogen and oxygen atoms in total. The second kappa shape index (κ2) is 6.63. The molecule has 0 atom stereocenters. The summed E-state index contributed by atoms with van der Waals surface area (Å²) < 4.78 is 26.1. The van der Waals surface area contributed by atoms with Gasteiger partial charge in [-0.15, -0.1) is 0 Å². The second-order valence-electron chi connectivity index (χ2n) is 4.42. The molecule has 1 aromatic heterocycles. The summed E-state index contributed by atoms with van der Waals surface area (Å²) in [6.07, 6.45) is 2.87. The number of hydrogen-bond donors (Lipinski definition) is 0. The predicted molar refractivity (Wildman–Crippen MR) is 76.0 cm³/mol. The summed E-state index contributed by atoms with van der Waals surface area (Å²) in [5.74, 6) is -2.13. The zero-order valence-electron chi connectivity index (χ0n) is 11.3. The number of hydrogen-bond acceptors (Lipinski definition) is 2. The average molecular weight is 311 g/mol. The van der Waals surface area contributed by atoms with E-state index in [9.17, 15) is 13.6 Å². The molecule has 0 spiro atoms. The molecule has 21 heavy (non-hydrogen) atoms. The number of rotatable bonds is 4. The summed E-state index contributed by atoms with van der Waals surface area (Å²) in [6, 6.07) is 5.10. The van der Waals surface area contributed by atoms with E-state index >= 15 is 0 Å². The zero-order valence-corrected chi connectivity index (χ0v) is 12.1. The van der Waals surface area contributed by atoms with Crippen molar-refractivity contribution in [2.75, 3.05) is 6.54 Å². The molecule has 0 aliphatic rings. The molecule has 0 N–H and O–H groups in total. The highest BCUT2D eigenvalue weighted by Gasteiger charge is 2.17. The Bertz CT molecular complexity index is 664. The van der Waals surface area contributed by atoms with E-state index in [0.29, 0.717) is 17.7 Å². The van der Waals surface area contributed by atoms with E-state index in [2.05, 4.69) is 4.98 Å². The molecular formula is C15H13ClF2N2O. The Morgan fingerprint density at radius 1 is 1.29 bits per heavy atom. The van der Waals surface area contributed by atoms with Crippen molar-refractivity contribution in [2.24, 2.45) is 0 Å². The average Bonchev–Trinajstić information content (AvgIpc) is 2.48. The van der Waals surface area contributed by atoms with Crippen LogP contribution in [0.3, 0.4) is 0 Å². The summed E-state index contributed by atoms with van der Waals surface area (Å²) in [5.41, 5.74) is 0.838. The third kappa shape index (κ3) is 3.55. The molecule has 0 unspecified atom stereocenters. The Labute approximate surface area is 126 Å². The molecule has 0 aliphatic carbocycles. The maximum Gasteiger partial charge on any atom is 0.255 e. The summed E-state index contributed by atoms with van der Waals surface area (Å²) >= 11 is 5.95. The van der Waals surface area contributed by atoms with Crippen LogP contribution in [0.1, 0.15) is 22.8 Å². The fourth-order valence-electron chi connectivity index (χ4n) is 1.90. The molecule has 2 aromatic rings. The predicted octanol–water partition coefficient (Wildman–Crippen LogP) is 3.68. The summed E-state index contributed by atoms with van der Waals surface area (Å²) in [5, 5.41) is 0.256. The molecule has 0 saturated heterocycles. The van der Waals surface area contributed by atoms with E-state index in [4.69, 9.17) is 11.6 Å². The van der Waals surface area contributed by atoms with Crippen molar-refractivity contribution in [3.8, 4) is 0 Å². The van der Waals surface area contributed by atoms with Crippen LogP contribution in [0.15, 0.2) is 36.7 Å². The van der Waals surface area contributed by atoms with Crippen molar-refractivity contribution in [1.82, 2.24) is 9.88 Å². The molecule has 0 fully saturated rings. The first-order valence-corrected chi connectivity index (χ1v) is 6.73. The van der Waals surface area contributed by atoms with Crippen LogP contribution in [0, 0.1) is 11.6 Å². The molecule has 1 amide bonds. The normalized spacial score (nSPS) is 10.5. The molecule has 1 aromatic carbocycles. The summed E-state index contributed by atoms with van der Waals surface area (Å²) in [6.45, 7) is 2.38. The summed E-state index contributed by atoms with van der Waals surface area (Å²) in [7, 11) is 0. The molecule has 110 valence electrons. The van der Waals surface area contributed by atoms with Crippen LogP contribution in [0.2, 0.25) is 5.02 Å². The minimum absolute atomic E-state index is 0.172. The minimum Gasteiger partial charge on any atom is -0.335 e. The molecule has 1 heterocycles. The van der Waals surface area contributed by atoms with Crippen LogP contribution in [0.5, 0.6) is 0 Å². The van der Waals surface area contributed by atoms with Gasteiger partial charge >= 0.3 is 0 Å². The topological polar surface area (TPSA) is 33.2 Å². The van der Waals surface area contributed by atoms with Crippen LogP contribution in [0.25, 0.3) is 0 Å². The van der Waals surface area contributed by atoms with Gasteiger partial charge < -0.3 is 4.90 Å². The number of pyridine rings is 1. The Kier molecular flexibility index (Phi) is 4.85. The second-order valence-corrected chi connectivity index (χ2v) is 4.83. The van der Waals surface area contributed by atoms with E-state index in [0.717, 1.165) is 12.1 Å². The van der Waals surface area contributed by atoms with Gasteiger partial charge in [0.25, 0.3) is 5.91 Å². The SMILES string of the molecule is CCN(Cc1ccc(F)c(F)c1)C(=O)c1ccncc1Cl. The lowest BCUT2D eigenvalue weighted by Gasteiger charge is -2.21. The van der Waals surface area contributed by atoms with Crippen molar-refractivity contribution in [3.63, 3.8) is 0 Å². The van der Waals surface area contributed by atoms with Crippen molar-refractivity contribution < 1.29 is 13.6 Å². The van der Waals surface area contributed by atoms with Crippen LogP contribution in [0.4, 0.5) is 8.78 Å². The van der Waals surface area contributed by atoms with E-state index in [-0.39, 0.29) is 17.5 Å². The van der Waals surface area contributed by atoms with Gasteiger partial charge in [0.1, 0.15) is 0 Å². The lowest BCUT2D eigenvalue weighted by Crippen LogP contribution is -2.30. The van der Waals surface area contributed by atoms with Crippen LogP contribution >= 0.6 is 11.6 Å². The number of carbonyl (C=O) groups is 1.